The molecule has 0 fully saturated rings. The molecule has 5 atom stereocenters. The van der Waals surface area contributed by atoms with Gasteiger partial charge < -0.3 is 20.9 Å². The molecule has 0 rings (SSSR count). The fourth-order valence-corrected chi connectivity index (χ4v) is 3.61. The molecule has 0 aromatic heterocycles. The van der Waals surface area contributed by atoms with E-state index in [0.29, 0.717) is 29.8 Å². The second kappa shape index (κ2) is 13.0. The molecule has 0 aliphatic rings. The van der Waals surface area contributed by atoms with Crippen LogP contribution in [0, 0.1) is 34.5 Å². The van der Waals surface area contributed by atoms with Gasteiger partial charge in [-0.25, -0.2) is 0 Å². The molecule has 0 spiro atoms. The third kappa shape index (κ3) is 8.07. The maximum atomic E-state index is 13.5. The van der Waals surface area contributed by atoms with Crippen LogP contribution in [0.5, 0.6) is 0 Å². The second-order valence-electron chi connectivity index (χ2n) is 9.19. The summed E-state index contributed by atoms with van der Waals surface area (Å²) in [5.74, 6) is 1.25. The van der Waals surface area contributed by atoms with Crippen molar-refractivity contribution in [3.8, 4) is 0 Å². The monoisotopic (exact) mass is 409 g/mol. The van der Waals surface area contributed by atoms with E-state index in [9.17, 15) is 4.79 Å². The summed E-state index contributed by atoms with van der Waals surface area (Å²) in [4.78, 5) is 15.4. The highest BCUT2D eigenvalue weighted by Gasteiger charge is 2.36. The van der Waals surface area contributed by atoms with E-state index in [2.05, 4.69) is 38.3 Å². The lowest BCUT2D eigenvalue weighted by Crippen LogP contribution is -2.59. The van der Waals surface area contributed by atoms with Gasteiger partial charge in [-0.05, 0) is 31.2 Å². The van der Waals surface area contributed by atoms with Crippen molar-refractivity contribution in [1.82, 2.24) is 15.5 Å². The third-order valence-electron chi connectivity index (χ3n) is 6.40. The van der Waals surface area contributed by atoms with E-state index in [4.69, 9.17) is 10.8 Å². The first-order chi connectivity index (χ1) is 13.4. The van der Waals surface area contributed by atoms with Gasteiger partial charge >= 0.3 is 0 Å². The summed E-state index contributed by atoms with van der Waals surface area (Å²) in [5.41, 5.74) is 0.699. The fraction of sp³-hybridized carbons (Fsp3) is 0.870. The summed E-state index contributed by atoms with van der Waals surface area (Å²) in [6.07, 6.45) is 2.32. The maximum Gasteiger partial charge on any atom is 0.245 e. The Kier molecular flexibility index (Phi) is 12.3. The Morgan fingerprint density at radius 2 is 1.55 bits per heavy atom. The first-order valence-electron chi connectivity index (χ1n) is 11.3. The molecule has 0 aliphatic heterocycles. The van der Waals surface area contributed by atoms with Crippen LogP contribution < -0.4 is 10.6 Å². The molecule has 0 radical (unpaired) electrons. The molecule has 0 heterocycles. The van der Waals surface area contributed by atoms with Crippen LogP contribution in [-0.4, -0.2) is 54.6 Å². The summed E-state index contributed by atoms with van der Waals surface area (Å²) in [6, 6.07) is -0.402. The summed E-state index contributed by atoms with van der Waals surface area (Å²) in [7, 11) is 3.80. The molecule has 6 heteroatoms. The predicted molar refractivity (Wildman–Crippen MR) is 125 cm³/mol. The SMILES string of the molecule is CCC(=N)C[C@@H](NC)[C@H]([C@@H](C)CC)N(C)C(=O)[C@@H](NC(=N)[C@@H](C)C(C)C)C(C)C. The van der Waals surface area contributed by atoms with Gasteiger partial charge in [0.05, 0.1) is 5.84 Å². The molecule has 0 aromatic rings. The van der Waals surface area contributed by atoms with Crippen LogP contribution in [0.4, 0.5) is 0 Å². The highest BCUT2D eigenvalue weighted by atomic mass is 16.2. The van der Waals surface area contributed by atoms with E-state index in [-0.39, 0.29) is 29.8 Å². The predicted octanol–water partition coefficient (Wildman–Crippen LogP) is 4.15. The van der Waals surface area contributed by atoms with Crippen molar-refractivity contribution in [2.24, 2.45) is 23.7 Å². The van der Waals surface area contributed by atoms with E-state index in [1.165, 1.54) is 0 Å². The summed E-state index contributed by atoms with van der Waals surface area (Å²) >= 11 is 0. The lowest BCUT2D eigenvalue weighted by Gasteiger charge is -2.41. The molecule has 0 aromatic carbocycles. The van der Waals surface area contributed by atoms with Gasteiger partial charge in [0.15, 0.2) is 0 Å². The first kappa shape index (κ1) is 27.6. The maximum absolute atomic E-state index is 13.5. The molecular formula is C23H47N5O. The van der Waals surface area contributed by atoms with E-state index in [1.54, 1.807) is 0 Å². The highest BCUT2D eigenvalue weighted by Crippen LogP contribution is 2.22. The van der Waals surface area contributed by atoms with E-state index in [0.717, 1.165) is 12.8 Å². The van der Waals surface area contributed by atoms with Crippen molar-refractivity contribution in [3.63, 3.8) is 0 Å². The minimum atomic E-state index is -0.427. The lowest BCUT2D eigenvalue weighted by atomic mass is 9.87. The minimum Gasteiger partial charge on any atom is -0.362 e. The zero-order valence-electron chi connectivity index (χ0n) is 20.5. The number of amidine groups is 1. The van der Waals surface area contributed by atoms with Crippen LogP contribution in [0.2, 0.25) is 0 Å². The third-order valence-corrected chi connectivity index (χ3v) is 6.40. The lowest BCUT2D eigenvalue weighted by molar-refractivity contribution is -0.136. The van der Waals surface area contributed by atoms with Crippen LogP contribution in [0.3, 0.4) is 0 Å². The number of carbonyl (C=O) groups is 1. The van der Waals surface area contributed by atoms with Gasteiger partial charge in [0, 0.05) is 37.2 Å². The largest absolute Gasteiger partial charge is 0.362 e. The van der Waals surface area contributed by atoms with Gasteiger partial charge in [0.2, 0.25) is 5.91 Å². The van der Waals surface area contributed by atoms with Crippen molar-refractivity contribution in [3.05, 3.63) is 0 Å². The number of carbonyl (C=O) groups excluding carboxylic acids is 1. The molecule has 0 aliphatic carbocycles. The second-order valence-corrected chi connectivity index (χ2v) is 9.19. The number of nitrogens with zero attached hydrogens (tertiary/aromatic N) is 1. The Morgan fingerprint density at radius 1 is 1.00 bits per heavy atom. The number of nitrogens with one attached hydrogen (secondary N) is 4. The van der Waals surface area contributed by atoms with Crippen LogP contribution in [0.25, 0.3) is 0 Å². The summed E-state index contributed by atoms with van der Waals surface area (Å²) in [5, 5.41) is 23.2. The van der Waals surface area contributed by atoms with Crippen LogP contribution >= 0.6 is 0 Å². The molecule has 29 heavy (non-hydrogen) atoms. The Labute approximate surface area is 179 Å². The van der Waals surface area contributed by atoms with Gasteiger partial charge in [-0.15, -0.1) is 0 Å². The molecule has 1 amide bonds. The van der Waals surface area contributed by atoms with Crippen molar-refractivity contribution in [1.29, 1.82) is 10.8 Å². The Hall–Kier alpha value is -1.43. The van der Waals surface area contributed by atoms with Gasteiger partial charge in [0.1, 0.15) is 6.04 Å². The average molecular weight is 410 g/mol. The van der Waals surface area contributed by atoms with Crippen molar-refractivity contribution < 1.29 is 4.79 Å². The zero-order chi connectivity index (χ0) is 22.9. The molecule has 0 saturated heterocycles. The molecule has 0 unspecified atom stereocenters. The molecule has 170 valence electrons. The Bertz CT molecular complexity index is 531. The van der Waals surface area contributed by atoms with E-state index >= 15 is 0 Å². The molecular weight excluding hydrogens is 362 g/mol. The van der Waals surface area contributed by atoms with Gasteiger partial charge in [0.25, 0.3) is 0 Å². The topological polar surface area (TPSA) is 92.1 Å². The van der Waals surface area contributed by atoms with Crippen molar-refractivity contribution in [2.45, 2.75) is 92.8 Å². The summed E-state index contributed by atoms with van der Waals surface area (Å²) in [6.45, 7) is 16.6. The van der Waals surface area contributed by atoms with Gasteiger partial charge in [-0.2, -0.15) is 0 Å². The molecule has 0 saturated carbocycles. The quantitative estimate of drug-likeness (QED) is 0.272. The molecule has 4 N–H and O–H groups in total. The minimum absolute atomic E-state index is 0.0100. The molecule has 0 bridgehead atoms. The number of hydrogen-bond donors (Lipinski definition) is 4. The highest BCUT2D eigenvalue weighted by molar-refractivity contribution is 5.90. The Morgan fingerprint density at radius 3 is 1.93 bits per heavy atom. The van der Waals surface area contributed by atoms with E-state index < -0.39 is 6.04 Å². The van der Waals surface area contributed by atoms with Crippen LogP contribution in [-0.2, 0) is 4.79 Å². The summed E-state index contributed by atoms with van der Waals surface area (Å²) < 4.78 is 0. The van der Waals surface area contributed by atoms with Crippen molar-refractivity contribution in [2.75, 3.05) is 14.1 Å². The van der Waals surface area contributed by atoms with Crippen LogP contribution in [0.1, 0.15) is 74.7 Å². The van der Waals surface area contributed by atoms with Gasteiger partial charge in [-0.1, -0.05) is 61.8 Å². The average Bonchev–Trinajstić information content (AvgIpc) is 2.68. The zero-order valence-corrected chi connectivity index (χ0v) is 20.5. The van der Waals surface area contributed by atoms with Crippen molar-refractivity contribution >= 4 is 17.5 Å². The number of hydrogen-bond acceptors (Lipinski definition) is 4. The molecule has 6 nitrogen and oxygen atoms in total. The fourth-order valence-electron chi connectivity index (χ4n) is 3.61. The standard InChI is InChI=1S/C23H47N5O/c1-11-16(7)21(19(26-9)13-18(24)12-2)28(10)23(29)20(15(5)6)27-22(25)17(8)14(3)4/h14-17,19-21,24,26H,11-13H2,1-10H3,(H2,25,27)/t16-,17-,19+,20-,21-/m0/s1. The number of likely N-dealkylation sites (N-methyl/N-ethyl adjacent to an activating group) is 2. The first-order valence-corrected chi connectivity index (χ1v) is 11.3. The normalized spacial score (nSPS) is 16.8. The number of rotatable bonds is 13. The smallest absolute Gasteiger partial charge is 0.245 e. The number of amides is 1. The van der Waals surface area contributed by atoms with E-state index in [1.807, 2.05) is 46.7 Å². The van der Waals surface area contributed by atoms with Crippen LogP contribution in [0.15, 0.2) is 0 Å². The van der Waals surface area contributed by atoms with Gasteiger partial charge in [-0.3, -0.25) is 10.2 Å². The Balaban J connectivity index is 5.70.